The minimum atomic E-state index is -5.25. The smallest absolute Gasteiger partial charge is 0.354 e. The van der Waals surface area contributed by atoms with Crippen molar-refractivity contribution in [2.24, 2.45) is 4.99 Å². The van der Waals surface area contributed by atoms with Crippen molar-refractivity contribution in [2.75, 3.05) is 20.1 Å². The van der Waals surface area contributed by atoms with Crippen LogP contribution in [-0.2, 0) is 16.6 Å². The molecule has 0 aliphatic carbocycles. The number of guanidine groups is 1. The van der Waals surface area contributed by atoms with Crippen LogP contribution in [0.1, 0.15) is 22.7 Å². The van der Waals surface area contributed by atoms with Crippen LogP contribution in [0.4, 0.5) is 13.2 Å². The Morgan fingerprint density at radius 3 is 2.50 bits per heavy atom. The van der Waals surface area contributed by atoms with E-state index in [1.54, 1.807) is 24.6 Å². The molecule has 0 atom stereocenters. The number of aromatic nitrogens is 1. The van der Waals surface area contributed by atoms with E-state index in [1.807, 2.05) is 6.92 Å². The van der Waals surface area contributed by atoms with Gasteiger partial charge in [0.2, 0.25) is 0 Å². The summed E-state index contributed by atoms with van der Waals surface area (Å²) in [5.41, 5.74) is -5.25. The molecule has 0 aromatic carbocycles. The van der Waals surface area contributed by atoms with Gasteiger partial charge >= 0.3 is 15.5 Å². The molecule has 2 rings (SSSR count). The van der Waals surface area contributed by atoms with Gasteiger partial charge in [0.25, 0.3) is 0 Å². The van der Waals surface area contributed by atoms with Crippen molar-refractivity contribution in [1.29, 1.82) is 0 Å². The summed E-state index contributed by atoms with van der Waals surface area (Å²) < 4.78 is 61.0. The van der Waals surface area contributed by atoms with Crippen LogP contribution in [0.3, 0.4) is 0 Å². The Balaban J connectivity index is 0.00000338. The fourth-order valence-electron chi connectivity index (χ4n) is 2.43. The first-order chi connectivity index (χ1) is 11.6. The number of piperidine rings is 1. The van der Waals surface area contributed by atoms with E-state index in [0.29, 0.717) is 16.8 Å². The second-order valence-corrected chi connectivity index (χ2v) is 8.79. The van der Waals surface area contributed by atoms with Gasteiger partial charge in [-0.1, -0.05) is 0 Å². The highest BCUT2D eigenvalue weighted by atomic mass is 127. The molecule has 1 aromatic rings. The van der Waals surface area contributed by atoms with Crippen LogP contribution >= 0.6 is 35.3 Å². The van der Waals surface area contributed by atoms with Crippen molar-refractivity contribution >= 4 is 51.3 Å². The van der Waals surface area contributed by atoms with Gasteiger partial charge in [-0.3, -0.25) is 4.99 Å². The molecule has 1 aliphatic rings. The summed E-state index contributed by atoms with van der Waals surface area (Å²) in [5, 5.41) is 7.18. The van der Waals surface area contributed by atoms with Crippen LogP contribution in [0, 0.1) is 6.92 Å². The average molecular weight is 527 g/mol. The maximum atomic E-state index is 12.6. The van der Waals surface area contributed by atoms with E-state index in [4.69, 9.17) is 0 Å². The molecule has 1 fully saturated rings. The number of aliphatic imine (C=N–C) groups is 1. The summed E-state index contributed by atoms with van der Waals surface area (Å²) in [7, 11) is -3.65. The van der Waals surface area contributed by atoms with Crippen LogP contribution in [-0.4, -0.2) is 55.4 Å². The molecule has 0 amide bonds. The van der Waals surface area contributed by atoms with Gasteiger partial charge in [-0.05, 0) is 19.8 Å². The van der Waals surface area contributed by atoms with E-state index < -0.39 is 15.5 Å². The van der Waals surface area contributed by atoms with Gasteiger partial charge in [0.15, 0.2) is 5.96 Å². The molecule has 0 bridgehead atoms. The molecule has 0 radical (unpaired) electrons. The summed E-state index contributed by atoms with van der Waals surface area (Å²) in [4.78, 5) is 9.26. The lowest BCUT2D eigenvalue weighted by molar-refractivity contribution is -0.0494. The van der Waals surface area contributed by atoms with Crippen molar-refractivity contribution in [2.45, 2.75) is 37.9 Å². The fourth-order valence-corrected chi connectivity index (χ4v) is 4.15. The van der Waals surface area contributed by atoms with Crippen molar-refractivity contribution < 1.29 is 21.6 Å². The average Bonchev–Trinajstić information content (AvgIpc) is 2.96. The summed E-state index contributed by atoms with van der Waals surface area (Å²) in [6, 6.07) is -0.144. The van der Waals surface area contributed by atoms with E-state index in [-0.39, 0.29) is 55.9 Å². The SMILES string of the molecule is CN=C(NCc1cnc(C)s1)NC1CCN(S(=O)(=O)C(F)(F)F)CC1.I. The van der Waals surface area contributed by atoms with Gasteiger partial charge in [0.1, 0.15) is 0 Å². The maximum absolute atomic E-state index is 12.6. The number of halogens is 4. The molecular weight excluding hydrogens is 506 g/mol. The number of aryl methyl sites for hydroxylation is 1. The van der Waals surface area contributed by atoms with Crippen molar-refractivity contribution in [1.82, 2.24) is 19.9 Å². The number of hydrogen-bond donors (Lipinski definition) is 2. The van der Waals surface area contributed by atoms with Gasteiger partial charge in [0.05, 0.1) is 11.6 Å². The van der Waals surface area contributed by atoms with Crippen LogP contribution < -0.4 is 10.6 Å². The largest absolute Gasteiger partial charge is 0.511 e. The van der Waals surface area contributed by atoms with Crippen LogP contribution in [0.15, 0.2) is 11.2 Å². The maximum Gasteiger partial charge on any atom is 0.511 e. The third-order valence-electron chi connectivity index (χ3n) is 3.75. The summed E-state index contributed by atoms with van der Waals surface area (Å²) in [6.07, 6.45) is 2.31. The molecule has 1 aromatic heterocycles. The van der Waals surface area contributed by atoms with Gasteiger partial charge in [-0.15, -0.1) is 35.3 Å². The van der Waals surface area contributed by atoms with E-state index in [0.717, 1.165) is 9.88 Å². The van der Waals surface area contributed by atoms with Crippen molar-refractivity contribution in [3.63, 3.8) is 0 Å². The number of thiazole rings is 1. The third-order valence-corrected chi connectivity index (χ3v) is 6.29. The Morgan fingerprint density at radius 1 is 1.42 bits per heavy atom. The quantitative estimate of drug-likeness (QED) is 0.356. The third kappa shape index (κ3) is 5.92. The summed E-state index contributed by atoms with van der Waals surface area (Å²) in [6.45, 7) is 2.09. The number of rotatable bonds is 4. The van der Waals surface area contributed by atoms with E-state index in [9.17, 15) is 21.6 Å². The standard InChI is InChI=1S/C13H20F3N5O2S2.HI/c1-9-18-7-11(24-9)8-19-12(17-2)20-10-3-5-21(6-4-10)25(22,23)13(14,15)16;/h7,10H,3-6,8H2,1-2H3,(H2,17,19,20);1H. The minimum absolute atomic E-state index is 0. The molecule has 13 heteroatoms. The zero-order chi connectivity index (χ0) is 18.7. The molecule has 7 nitrogen and oxygen atoms in total. The van der Waals surface area contributed by atoms with Crippen LogP contribution in [0.25, 0.3) is 0 Å². The Morgan fingerprint density at radius 2 is 2.04 bits per heavy atom. The normalized spacial score (nSPS) is 17.7. The zero-order valence-electron chi connectivity index (χ0n) is 14.2. The highest BCUT2D eigenvalue weighted by Gasteiger charge is 2.50. The molecule has 150 valence electrons. The highest BCUT2D eigenvalue weighted by Crippen LogP contribution is 2.28. The summed E-state index contributed by atoms with van der Waals surface area (Å²) >= 11 is 1.56. The molecule has 0 spiro atoms. The number of nitrogens with one attached hydrogen (secondary N) is 2. The Kier molecular flexibility index (Phi) is 8.54. The van der Waals surface area contributed by atoms with Crippen LogP contribution in [0.2, 0.25) is 0 Å². The summed E-state index contributed by atoms with van der Waals surface area (Å²) in [5.74, 6) is 0.517. The minimum Gasteiger partial charge on any atom is -0.354 e. The fraction of sp³-hybridized carbons (Fsp3) is 0.692. The van der Waals surface area contributed by atoms with Gasteiger partial charge in [0, 0.05) is 37.3 Å². The van der Waals surface area contributed by atoms with Crippen LogP contribution in [0.5, 0.6) is 0 Å². The molecular formula is C13H21F3IN5O2S2. The second kappa shape index (κ2) is 9.50. The molecule has 1 saturated heterocycles. The highest BCUT2D eigenvalue weighted by molar-refractivity contribution is 14.0. The molecule has 0 unspecified atom stereocenters. The Labute approximate surface area is 171 Å². The Bertz CT molecular complexity index is 716. The van der Waals surface area contributed by atoms with Gasteiger partial charge in [-0.2, -0.15) is 17.5 Å². The second-order valence-electron chi connectivity index (χ2n) is 5.54. The first kappa shape index (κ1) is 23.4. The number of hydrogen-bond acceptors (Lipinski definition) is 5. The predicted molar refractivity (Wildman–Crippen MR) is 105 cm³/mol. The van der Waals surface area contributed by atoms with Crippen molar-refractivity contribution in [3.05, 3.63) is 16.1 Å². The molecule has 2 N–H and O–H groups in total. The number of alkyl halides is 3. The monoisotopic (exact) mass is 527 g/mol. The first-order valence-corrected chi connectivity index (χ1v) is 9.84. The van der Waals surface area contributed by atoms with Gasteiger partial charge in [-0.25, -0.2) is 13.4 Å². The molecule has 2 heterocycles. The lowest BCUT2D eigenvalue weighted by Gasteiger charge is -2.32. The van der Waals surface area contributed by atoms with Gasteiger partial charge < -0.3 is 10.6 Å². The first-order valence-electron chi connectivity index (χ1n) is 7.58. The van der Waals surface area contributed by atoms with E-state index in [2.05, 4.69) is 20.6 Å². The lowest BCUT2D eigenvalue weighted by Crippen LogP contribution is -2.51. The lowest BCUT2D eigenvalue weighted by atomic mass is 10.1. The van der Waals surface area contributed by atoms with E-state index >= 15 is 0 Å². The van der Waals surface area contributed by atoms with E-state index in [1.165, 1.54) is 0 Å². The number of nitrogens with zero attached hydrogens (tertiary/aromatic N) is 3. The van der Waals surface area contributed by atoms with Crippen molar-refractivity contribution in [3.8, 4) is 0 Å². The Hall–Kier alpha value is -0.670. The number of sulfonamides is 1. The topological polar surface area (TPSA) is 86.7 Å². The molecule has 26 heavy (non-hydrogen) atoms. The zero-order valence-corrected chi connectivity index (χ0v) is 18.2. The molecule has 0 saturated carbocycles. The predicted octanol–water partition coefficient (Wildman–Crippen LogP) is 2.05. The molecule has 1 aliphatic heterocycles.